The molecular weight excluding hydrogens is 320 g/mol. The summed E-state index contributed by atoms with van der Waals surface area (Å²) in [6.45, 7) is 0. The largest absolute Gasteiger partial charge is 0.476 e. The van der Waals surface area contributed by atoms with Gasteiger partial charge in [-0.2, -0.15) is 5.10 Å². The molecule has 0 aliphatic carbocycles. The number of oxime groups is 1. The van der Waals surface area contributed by atoms with E-state index in [4.69, 9.17) is 9.52 Å². The Morgan fingerprint density at radius 3 is 3.13 bits per heavy atom. The topological polar surface area (TPSA) is 109 Å². The number of nitrogens with zero attached hydrogens (tertiary/aromatic N) is 3. The molecule has 3 heterocycles. The van der Waals surface area contributed by atoms with Crippen LogP contribution in [0.2, 0.25) is 0 Å². The van der Waals surface area contributed by atoms with Gasteiger partial charge in [0.1, 0.15) is 29.4 Å². The van der Waals surface area contributed by atoms with Gasteiger partial charge in [0, 0.05) is 10.9 Å². The predicted octanol–water partition coefficient (Wildman–Crippen LogP) is 2.20. The number of rotatable bonds is 5. The summed E-state index contributed by atoms with van der Waals surface area (Å²) in [5.74, 6) is 0.187. The lowest BCUT2D eigenvalue weighted by molar-refractivity contribution is -0.129. The molecular formula is C14H12N4O4S. The van der Waals surface area contributed by atoms with Gasteiger partial charge in [-0.1, -0.05) is 5.16 Å². The van der Waals surface area contributed by atoms with Crippen molar-refractivity contribution in [1.29, 1.82) is 0 Å². The van der Waals surface area contributed by atoms with E-state index in [0.29, 0.717) is 28.6 Å². The lowest BCUT2D eigenvalue weighted by Crippen LogP contribution is -2.13. The van der Waals surface area contributed by atoms with Crippen LogP contribution in [0.3, 0.4) is 0 Å². The van der Waals surface area contributed by atoms with Crippen molar-refractivity contribution in [2.75, 3.05) is 7.11 Å². The first kappa shape index (κ1) is 15.0. The van der Waals surface area contributed by atoms with E-state index >= 15 is 0 Å². The first-order valence-corrected chi connectivity index (χ1v) is 7.42. The van der Waals surface area contributed by atoms with Crippen LogP contribution in [-0.2, 0) is 9.63 Å². The quantitative estimate of drug-likeness (QED) is 0.644. The maximum atomic E-state index is 11.1. The highest BCUT2D eigenvalue weighted by molar-refractivity contribution is 7.14. The van der Waals surface area contributed by atoms with Crippen molar-refractivity contribution >= 4 is 39.6 Å². The SMILES string of the molecule is CO/N=C(/C(=O)O)c1csc(/N=C2\CC(c3ccco3)=NN2)c1. The van der Waals surface area contributed by atoms with Crippen molar-refractivity contribution in [2.45, 2.75) is 6.42 Å². The molecule has 0 fully saturated rings. The van der Waals surface area contributed by atoms with Gasteiger partial charge < -0.3 is 14.4 Å². The molecule has 0 spiro atoms. The van der Waals surface area contributed by atoms with E-state index < -0.39 is 5.97 Å². The van der Waals surface area contributed by atoms with Crippen molar-refractivity contribution in [2.24, 2.45) is 15.2 Å². The molecule has 0 atom stereocenters. The molecule has 2 aromatic heterocycles. The van der Waals surface area contributed by atoms with Gasteiger partial charge in [0.15, 0.2) is 5.71 Å². The lowest BCUT2D eigenvalue weighted by Gasteiger charge is -1.96. The third kappa shape index (κ3) is 3.29. The number of hydrogen-bond donors (Lipinski definition) is 2. The number of hydrazone groups is 1. The number of carboxylic acid groups (broad SMARTS) is 1. The number of thiophene rings is 1. The van der Waals surface area contributed by atoms with Crippen LogP contribution in [0.15, 0.2) is 49.5 Å². The van der Waals surface area contributed by atoms with Gasteiger partial charge in [0.2, 0.25) is 0 Å². The number of furan rings is 1. The van der Waals surface area contributed by atoms with Crippen LogP contribution in [0.25, 0.3) is 0 Å². The van der Waals surface area contributed by atoms with Crippen molar-refractivity contribution in [3.05, 3.63) is 41.2 Å². The van der Waals surface area contributed by atoms with Gasteiger partial charge in [-0.05, 0) is 18.2 Å². The number of hydrogen-bond acceptors (Lipinski definition) is 7. The minimum atomic E-state index is -1.16. The first-order valence-electron chi connectivity index (χ1n) is 6.54. The smallest absolute Gasteiger partial charge is 0.358 e. The second-order valence-corrected chi connectivity index (χ2v) is 5.37. The molecule has 0 amide bonds. The van der Waals surface area contributed by atoms with Crippen LogP contribution in [0.4, 0.5) is 5.00 Å². The van der Waals surface area contributed by atoms with Gasteiger partial charge in [-0.3, -0.25) is 5.43 Å². The van der Waals surface area contributed by atoms with Crippen LogP contribution in [0.5, 0.6) is 0 Å². The van der Waals surface area contributed by atoms with Gasteiger partial charge >= 0.3 is 5.97 Å². The predicted molar refractivity (Wildman–Crippen MR) is 85.6 cm³/mol. The Morgan fingerprint density at radius 1 is 1.57 bits per heavy atom. The van der Waals surface area contributed by atoms with Gasteiger partial charge in [-0.25, -0.2) is 9.79 Å². The van der Waals surface area contributed by atoms with Crippen LogP contribution in [0, 0.1) is 0 Å². The monoisotopic (exact) mass is 332 g/mol. The Hall–Kier alpha value is -2.94. The highest BCUT2D eigenvalue weighted by Crippen LogP contribution is 2.25. The molecule has 0 saturated carbocycles. The molecule has 2 aromatic rings. The summed E-state index contributed by atoms with van der Waals surface area (Å²) in [6.07, 6.45) is 2.10. The summed E-state index contributed by atoms with van der Waals surface area (Å²) in [4.78, 5) is 20.1. The minimum absolute atomic E-state index is 0.165. The maximum absolute atomic E-state index is 11.1. The normalized spacial score (nSPS) is 16.3. The summed E-state index contributed by atoms with van der Waals surface area (Å²) < 4.78 is 5.29. The molecule has 0 bridgehead atoms. The van der Waals surface area contributed by atoms with Gasteiger partial charge in [-0.15, -0.1) is 11.3 Å². The molecule has 2 N–H and O–H groups in total. The molecule has 1 aliphatic rings. The average Bonchev–Trinajstić information content (AvgIpc) is 3.26. The average molecular weight is 332 g/mol. The third-order valence-electron chi connectivity index (χ3n) is 2.95. The van der Waals surface area contributed by atoms with E-state index in [-0.39, 0.29) is 5.71 Å². The second kappa shape index (κ2) is 6.44. The fourth-order valence-corrected chi connectivity index (χ4v) is 2.75. The maximum Gasteiger partial charge on any atom is 0.358 e. The number of aliphatic carboxylic acids is 1. The molecule has 0 unspecified atom stereocenters. The van der Waals surface area contributed by atoms with E-state index in [2.05, 4.69) is 25.5 Å². The molecule has 1 aliphatic heterocycles. The van der Waals surface area contributed by atoms with Gasteiger partial charge in [0.05, 0.1) is 12.7 Å². The second-order valence-electron chi connectivity index (χ2n) is 4.48. The number of amidine groups is 1. The van der Waals surface area contributed by atoms with E-state index in [1.54, 1.807) is 23.8 Å². The van der Waals surface area contributed by atoms with Crippen LogP contribution >= 0.6 is 11.3 Å². The fourth-order valence-electron chi connectivity index (χ4n) is 1.97. The van der Waals surface area contributed by atoms with Crippen LogP contribution < -0.4 is 5.43 Å². The Morgan fingerprint density at radius 2 is 2.43 bits per heavy atom. The first-order chi connectivity index (χ1) is 11.2. The van der Waals surface area contributed by atoms with Crippen molar-refractivity contribution < 1.29 is 19.2 Å². The highest BCUT2D eigenvalue weighted by Gasteiger charge is 2.19. The molecule has 9 heteroatoms. The summed E-state index contributed by atoms with van der Waals surface area (Å²) in [5.41, 5.74) is 3.88. The molecule has 0 radical (unpaired) electrons. The summed E-state index contributed by atoms with van der Waals surface area (Å²) in [6, 6.07) is 5.25. The summed E-state index contributed by atoms with van der Waals surface area (Å²) in [5, 5.41) is 19.1. The number of nitrogens with one attached hydrogen (secondary N) is 1. The molecule has 23 heavy (non-hydrogen) atoms. The van der Waals surface area contributed by atoms with Crippen LogP contribution in [0.1, 0.15) is 17.7 Å². The van der Waals surface area contributed by atoms with Crippen LogP contribution in [-0.4, -0.2) is 35.4 Å². The Kier molecular flexibility index (Phi) is 4.20. The molecule has 3 rings (SSSR count). The molecule has 0 saturated heterocycles. The van der Waals surface area contributed by atoms with E-state index in [1.807, 2.05) is 6.07 Å². The molecule has 8 nitrogen and oxygen atoms in total. The zero-order chi connectivity index (χ0) is 16.2. The van der Waals surface area contributed by atoms with E-state index in [1.165, 1.54) is 18.4 Å². The molecule has 0 aromatic carbocycles. The summed E-state index contributed by atoms with van der Waals surface area (Å²) >= 11 is 1.31. The summed E-state index contributed by atoms with van der Waals surface area (Å²) in [7, 11) is 1.30. The Labute approximate surface area is 134 Å². The molecule has 118 valence electrons. The minimum Gasteiger partial charge on any atom is -0.476 e. The van der Waals surface area contributed by atoms with Crippen molar-refractivity contribution in [3.63, 3.8) is 0 Å². The number of carbonyl (C=O) groups is 1. The zero-order valence-electron chi connectivity index (χ0n) is 12.0. The van der Waals surface area contributed by atoms with Crippen molar-refractivity contribution in [3.8, 4) is 0 Å². The zero-order valence-corrected chi connectivity index (χ0v) is 12.8. The lowest BCUT2D eigenvalue weighted by atomic mass is 10.2. The standard InChI is InChI=1S/C14H12N4O4S/c1-21-18-13(14(19)20)8-5-12(23-7-8)15-11-6-9(16-17-11)10-3-2-4-22-10/h2-5,7H,6H2,1H3,(H,15,17)(H,19,20)/b18-13+. The van der Waals surface area contributed by atoms with Gasteiger partial charge in [0.25, 0.3) is 0 Å². The van der Waals surface area contributed by atoms with Crippen molar-refractivity contribution in [1.82, 2.24) is 5.43 Å². The number of aliphatic imine (C=N–C) groups is 1. The Bertz CT molecular complexity index is 805. The van der Waals surface area contributed by atoms with E-state index in [0.717, 1.165) is 5.71 Å². The third-order valence-corrected chi connectivity index (χ3v) is 3.77. The highest BCUT2D eigenvalue weighted by atomic mass is 32.1. The number of carboxylic acids is 1. The van der Waals surface area contributed by atoms with E-state index in [9.17, 15) is 4.79 Å². The Balaban J connectivity index is 1.75. The fraction of sp³-hybridized carbons (Fsp3) is 0.143.